The fourth-order valence-corrected chi connectivity index (χ4v) is 3.92. The van der Waals surface area contributed by atoms with Gasteiger partial charge in [-0.1, -0.05) is 48.5 Å². The van der Waals surface area contributed by atoms with Gasteiger partial charge in [0.15, 0.2) is 0 Å². The lowest BCUT2D eigenvalue weighted by Crippen LogP contribution is -2.50. The molecule has 0 saturated heterocycles. The number of para-hydroxylation sites is 1. The summed E-state index contributed by atoms with van der Waals surface area (Å²) in [5, 5.41) is 2.55. The van der Waals surface area contributed by atoms with Gasteiger partial charge < -0.3 is 10.2 Å². The first-order valence-corrected chi connectivity index (χ1v) is 11.1. The summed E-state index contributed by atoms with van der Waals surface area (Å²) in [4.78, 5) is 26.8. The van der Waals surface area contributed by atoms with Crippen molar-refractivity contribution in [2.75, 3.05) is 24.2 Å². The van der Waals surface area contributed by atoms with E-state index in [-0.39, 0.29) is 12.5 Å². The van der Waals surface area contributed by atoms with Crippen molar-refractivity contribution in [3.8, 4) is 0 Å². The summed E-state index contributed by atoms with van der Waals surface area (Å²) in [5.74, 6) is -0.783. The SMILES string of the molecule is CNC(=O)[C@@H](C)N(Cc1ccccc1)C(=O)CN(c1ccccc1C)S(C)(=O)=O. The minimum Gasteiger partial charge on any atom is -0.357 e. The molecule has 0 aliphatic heterocycles. The van der Waals surface area contributed by atoms with Crippen molar-refractivity contribution in [1.29, 1.82) is 0 Å². The van der Waals surface area contributed by atoms with Gasteiger partial charge in [0.05, 0.1) is 11.9 Å². The highest BCUT2D eigenvalue weighted by molar-refractivity contribution is 7.92. The third kappa shape index (κ3) is 5.80. The minimum atomic E-state index is -3.71. The lowest BCUT2D eigenvalue weighted by molar-refractivity contribution is -0.139. The van der Waals surface area contributed by atoms with E-state index in [2.05, 4.69) is 5.32 Å². The number of carbonyl (C=O) groups excluding carboxylic acids is 2. The number of carbonyl (C=O) groups is 2. The average molecular weight is 418 g/mol. The number of hydrogen-bond donors (Lipinski definition) is 1. The van der Waals surface area contributed by atoms with E-state index in [1.807, 2.05) is 30.3 Å². The molecule has 0 unspecified atom stereocenters. The molecule has 0 saturated carbocycles. The summed E-state index contributed by atoms with van der Waals surface area (Å²) in [6, 6.07) is 15.5. The van der Waals surface area contributed by atoms with Crippen LogP contribution in [0.4, 0.5) is 5.69 Å². The van der Waals surface area contributed by atoms with Gasteiger partial charge in [-0.2, -0.15) is 0 Å². The van der Waals surface area contributed by atoms with Crippen molar-refractivity contribution in [2.45, 2.75) is 26.4 Å². The number of likely N-dealkylation sites (N-methyl/N-ethyl adjacent to an activating group) is 1. The first kappa shape index (κ1) is 22.4. The molecule has 0 aliphatic rings. The number of sulfonamides is 1. The van der Waals surface area contributed by atoms with E-state index >= 15 is 0 Å². The molecule has 2 rings (SSSR count). The number of aryl methyl sites for hydroxylation is 1. The predicted molar refractivity (Wildman–Crippen MR) is 114 cm³/mol. The van der Waals surface area contributed by atoms with Gasteiger partial charge in [-0.25, -0.2) is 8.42 Å². The van der Waals surface area contributed by atoms with Gasteiger partial charge in [-0.3, -0.25) is 13.9 Å². The third-order valence-corrected chi connectivity index (χ3v) is 5.80. The van der Waals surface area contributed by atoms with Crippen molar-refractivity contribution in [1.82, 2.24) is 10.2 Å². The molecule has 0 aromatic heterocycles. The monoisotopic (exact) mass is 417 g/mol. The van der Waals surface area contributed by atoms with Crippen LogP contribution in [0.5, 0.6) is 0 Å². The summed E-state index contributed by atoms with van der Waals surface area (Å²) in [6.45, 7) is 3.21. The van der Waals surface area contributed by atoms with E-state index in [9.17, 15) is 18.0 Å². The molecule has 1 atom stereocenters. The maximum atomic E-state index is 13.2. The van der Waals surface area contributed by atoms with Gasteiger partial charge in [0.1, 0.15) is 12.6 Å². The van der Waals surface area contributed by atoms with Crippen LogP contribution >= 0.6 is 0 Å². The Hall–Kier alpha value is -2.87. The molecule has 0 heterocycles. The normalized spacial score (nSPS) is 12.1. The first-order chi connectivity index (χ1) is 13.6. The topological polar surface area (TPSA) is 86.8 Å². The van der Waals surface area contributed by atoms with E-state index in [0.29, 0.717) is 5.69 Å². The summed E-state index contributed by atoms with van der Waals surface area (Å²) in [5.41, 5.74) is 2.02. The zero-order chi connectivity index (χ0) is 21.6. The standard InChI is InChI=1S/C21H27N3O4S/c1-16-10-8-9-13-19(16)24(29(4,27)28)15-20(25)23(17(2)21(26)22-3)14-18-11-6-5-7-12-18/h5-13,17H,14-15H2,1-4H3,(H,22,26)/t17-/m1/s1. The molecule has 2 amide bonds. The lowest BCUT2D eigenvalue weighted by atomic mass is 10.1. The maximum absolute atomic E-state index is 13.2. The summed E-state index contributed by atoms with van der Waals surface area (Å²) in [7, 11) is -2.21. The molecular weight excluding hydrogens is 390 g/mol. The molecule has 156 valence electrons. The Morgan fingerprint density at radius 1 is 1.03 bits per heavy atom. The molecule has 29 heavy (non-hydrogen) atoms. The fraction of sp³-hybridized carbons (Fsp3) is 0.333. The van der Waals surface area contributed by atoms with Crippen LogP contribution in [0.3, 0.4) is 0 Å². The van der Waals surface area contributed by atoms with Crippen molar-refractivity contribution < 1.29 is 18.0 Å². The van der Waals surface area contributed by atoms with Crippen LogP contribution in [0.15, 0.2) is 54.6 Å². The molecule has 0 fully saturated rings. The molecule has 1 N–H and O–H groups in total. The summed E-state index contributed by atoms with van der Waals surface area (Å²) >= 11 is 0. The quantitative estimate of drug-likeness (QED) is 0.711. The van der Waals surface area contributed by atoms with Crippen molar-refractivity contribution in [2.24, 2.45) is 0 Å². The molecule has 2 aromatic carbocycles. The molecule has 0 bridgehead atoms. The number of nitrogens with one attached hydrogen (secondary N) is 1. The number of anilines is 1. The molecular formula is C21H27N3O4S. The highest BCUT2D eigenvalue weighted by Crippen LogP contribution is 2.22. The van der Waals surface area contributed by atoms with Gasteiger partial charge in [0.25, 0.3) is 0 Å². The second kappa shape index (κ2) is 9.56. The summed E-state index contributed by atoms with van der Waals surface area (Å²) < 4.78 is 26.0. The van der Waals surface area contributed by atoms with E-state index < -0.39 is 28.5 Å². The Morgan fingerprint density at radius 3 is 2.17 bits per heavy atom. The fourth-order valence-electron chi connectivity index (χ4n) is 3.01. The van der Waals surface area contributed by atoms with Crippen LogP contribution in [0.2, 0.25) is 0 Å². The van der Waals surface area contributed by atoms with Crippen LogP contribution in [0, 0.1) is 6.92 Å². The van der Waals surface area contributed by atoms with E-state index in [0.717, 1.165) is 21.7 Å². The van der Waals surface area contributed by atoms with Crippen molar-refractivity contribution in [3.05, 3.63) is 65.7 Å². The van der Waals surface area contributed by atoms with Crippen LogP contribution in [0.1, 0.15) is 18.1 Å². The predicted octanol–water partition coefficient (Wildman–Crippen LogP) is 1.92. The Labute approximate surface area is 172 Å². The number of nitrogens with zero attached hydrogens (tertiary/aromatic N) is 2. The highest BCUT2D eigenvalue weighted by atomic mass is 32.2. The van der Waals surface area contributed by atoms with Gasteiger partial charge in [-0.05, 0) is 31.0 Å². The molecule has 0 radical (unpaired) electrons. The van der Waals surface area contributed by atoms with Crippen molar-refractivity contribution >= 4 is 27.5 Å². The zero-order valence-corrected chi connectivity index (χ0v) is 17.9. The zero-order valence-electron chi connectivity index (χ0n) is 17.1. The Bertz CT molecular complexity index is 961. The van der Waals surface area contributed by atoms with Gasteiger partial charge in [0.2, 0.25) is 21.8 Å². The van der Waals surface area contributed by atoms with E-state index in [4.69, 9.17) is 0 Å². The highest BCUT2D eigenvalue weighted by Gasteiger charge is 2.30. The van der Waals surface area contributed by atoms with E-state index in [1.165, 1.54) is 11.9 Å². The smallest absolute Gasteiger partial charge is 0.244 e. The molecule has 8 heteroatoms. The number of amides is 2. The minimum absolute atomic E-state index is 0.194. The van der Waals surface area contributed by atoms with Gasteiger partial charge in [0, 0.05) is 13.6 Å². The number of rotatable bonds is 8. The van der Waals surface area contributed by atoms with Crippen molar-refractivity contribution in [3.63, 3.8) is 0 Å². The lowest BCUT2D eigenvalue weighted by Gasteiger charge is -2.31. The average Bonchev–Trinajstić information content (AvgIpc) is 2.69. The third-order valence-electron chi connectivity index (χ3n) is 4.67. The van der Waals surface area contributed by atoms with E-state index in [1.54, 1.807) is 38.1 Å². The largest absolute Gasteiger partial charge is 0.357 e. The van der Waals surface area contributed by atoms with Crippen LogP contribution in [-0.2, 0) is 26.2 Å². The van der Waals surface area contributed by atoms with Crippen LogP contribution in [-0.4, -0.2) is 51.0 Å². The first-order valence-electron chi connectivity index (χ1n) is 9.23. The number of benzene rings is 2. The Morgan fingerprint density at radius 2 is 1.62 bits per heavy atom. The summed E-state index contributed by atoms with van der Waals surface area (Å²) in [6.07, 6.45) is 1.07. The second-order valence-electron chi connectivity index (χ2n) is 6.85. The van der Waals surface area contributed by atoms with Gasteiger partial charge in [-0.15, -0.1) is 0 Å². The van der Waals surface area contributed by atoms with Gasteiger partial charge >= 0.3 is 0 Å². The second-order valence-corrected chi connectivity index (χ2v) is 8.76. The Balaban J connectivity index is 2.37. The van der Waals surface area contributed by atoms with Crippen LogP contribution in [0.25, 0.3) is 0 Å². The molecule has 0 spiro atoms. The molecule has 0 aliphatic carbocycles. The number of hydrogen-bond acceptors (Lipinski definition) is 4. The Kier molecular flexibility index (Phi) is 7.39. The maximum Gasteiger partial charge on any atom is 0.244 e. The molecule has 7 nitrogen and oxygen atoms in total. The molecule has 2 aromatic rings. The van der Waals surface area contributed by atoms with Crippen LogP contribution < -0.4 is 9.62 Å².